The molecule has 0 saturated heterocycles. The number of halogens is 1. The molecule has 1 aromatic heterocycles. The van der Waals surface area contributed by atoms with Crippen LogP contribution >= 0.6 is 39.0 Å². The Morgan fingerprint density at radius 2 is 1.81 bits per heavy atom. The van der Waals surface area contributed by atoms with Crippen LogP contribution in [0.25, 0.3) is 15.8 Å². The molecular weight excluding hydrogens is 502 g/mol. The van der Waals surface area contributed by atoms with Crippen molar-refractivity contribution in [3.63, 3.8) is 0 Å². The number of benzene rings is 3. The van der Waals surface area contributed by atoms with Gasteiger partial charge in [0.1, 0.15) is 16.6 Å². The Hall–Kier alpha value is -2.92. The summed E-state index contributed by atoms with van der Waals surface area (Å²) in [6, 6.07) is 25.3. The van der Waals surface area contributed by atoms with Crippen LogP contribution in [0, 0.1) is 18.3 Å². The normalized spacial score (nSPS) is 11.7. The molecule has 7 heteroatoms. The maximum Gasteiger partial charge on any atom is 0.173 e. The number of allylic oxidation sites excluding steroid dienone is 1. The summed E-state index contributed by atoms with van der Waals surface area (Å²) in [7, 11) is 0. The van der Waals surface area contributed by atoms with Gasteiger partial charge in [-0.1, -0.05) is 69.7 Å². The number of fused-ring (bicyclic) bond motifs is 1. The Labute approximate surface area is 203 Å². The number of anilines is 1. The van der Waals surface area contributed by atoms with Crippen LogP contribution in [-0.4, -0.2) is 16.5 Å². The molecule has 0 aliphatic rings. The van der Waals surface area contributed by atoms with Crippen LogP contribution < -0.4 is 5.32 Å². The van der Waals surface area contributed by atoms with E-state index in [1.54, 1.807) is 12.1 Å². The highest BCUT2D eigenvalue weighted by molar-refractivity contribution is 9.10. The van der Waals surface area contributed by atoms with Crippen LogP contribution in [-0.2, 0) is 0 Å². The van der Waals surface area contributed by atoms with Crippen molar-refractivity contribution in [3.8, 4) is 6.07 Å². The number of nitriles is 1. The van der Waals surface area contributed by atoms with Crippen molar-refractivity contribution in [1.82, 2.24) is 4.98 Å². The van der Waals surface area contributed by atoms with E-state index in [2.05, 4.69) is 32.3 Å². The van der Waals surface area contributed by atoms with Crippen LogP contribution in [0.2, 0.25) is 0 Å². The van der Waals surface area contributed by atoms with Crippen molar-refractivity contribution in [1.29, 1.82) is 5.26 Å². The first kappa shape index (κ1) is 22.3. The Kier molecular flexibility index (Phi) is 7.05. The van der Waals surface area contributed by atoms with E-state index >= 15 is 0 Å². The van der Waals surface area contributed by atoms with Crippen LogP contribution in [0.3, 0.4) is 0 Å². The second kappa shape index (κ2) is 10.1. The summed E-state index contributed by atoms with van der Waals surface area (Å²) in [4.78, 5) is 17.4. The fourth-order valence-corrected chi connectivity index (χ4v) is 5.19. The third-order valence-corrected chi connectivity index (χ3v) is 7.25. The summed E-state index contributed by atoms with van der Waals surface area (Å²) in [5.74, 6) is 0.193. The van der Waals surface area contributed by atoms with Crippen molar-refractivity contribution in [2.45, 2.75) is 6.92 Å². The average Bonchev–Trinajstić information content (AvgIpc) is 3.23. The summed E-state index contributed by atoms with van der Waals surface area (Å²) >= 11 is 6.18. The molecule has 0 aliphatic heterocycles. The maximum atomic E-state index is 12.8. The number of nitrogens with zero attached hydrogens (tertiary/aromatic N) is 2. The molecule has 0 spiro atoms. The molecule has 4 nitrogen and oxygen atoms in total. The monoisotopic (exact) mass is 519 g/mol. The number of ketones is 1. The Bertz CT molecular complexity index is 1300. The lowest BCUT2D eigenvalue weighted by Gasteiger charge is -2.12. The van der Waals surface area contributed by atoms with Gasteiger partial charge in [0.2, 0.25) is 0 Å². The molecule has 158 valence electrons. The zero-order valence-corrected chi connectivity index (χ0v) is 20.4. The summed E-state index contributed by atoms with van der Waals surface area (Å²) < 4.78 is 1.94. The summed E-state index contributed by atoms with van der Waals surface area (Å²) in [5, 5.41) is 14.6. The largest absolute Gasteiger partial charge is 0.349 e. The topological polar surface area (TPSA) is 65.8 Å². The molecule has 4 aromatic rings. The van der Waals surface area contributed by atoms with E-state index in [1.165, 1.54) is 23.1 Å². The van der Waals surface area contributed by atoms with E-state index in [9.17, 15) is 10.1 Å². The van der Waals surface area contributed by atoms with Crippen LogP contribution in [0.15, 0.2) is 82.3 Å². The molecule has 4 rings (SSSR count). The molecule has 0 aliphatic carbocycles. The van der Waals surface area contributed by atoms with Gasteiger partial charge in [-0.2, -0.15) is 5.26 Å². The number of Topliss-reactive ketones (excluding diaryl/α,β-unsaturated/α-hetero) is 1. The molecule has 0 amide bonds. The van der Waals surface area contributed by atoms with Gasteiger partial charge >= 0.3 is 0 Å². The minimum absolute atomic E-state index is 0.00713. The number of para-hydroxylation sites is 1. The van der Waals surface area contributed by atoms with Gasteiger partial charge in [-0.15, -0.1) is 11.3 Å². The van der Waals surface area contributed by atoms with Gasteiger partial charge in [-0.25, -0.2) is 4.98 Å². The smallest absolute Gasteiger partial charge is 0.173 e. The number of aryl methyl sites for hydroxylation is 1. The highest BCUT2D eigenvalue weighted by atomic mass is 79.9. The first-order valence-electron chi connectivity index (χ1n) is 9.79. The number of hydrogen-bond donors (Lipinski definition) is 1. The lowest BCUT2D eigenvalue weighted by Crippen LogP contribution is -2.06. The molecule has 1 heterocycles. The van der Waals surface area contributed by atoms with Crippen molar-refractivity contribution < 1.29 is 4.79 Å². The number of thiazole rings is 1. The molecule has 0 fully saturated rings. The lowest BCUT2D eigenvalue weighted by molar-refractivity contribution is 0.102. The van der Waals surface area contributed by atoms with Gasteiger partial charge in [0, 0.05) is 15.7 Å². The van der Waals surface area contributed by atoms with Crippen molar-refractivity contribution in [3.05, 3.63) is 98.4 Å². The molecule has 0 radical (unpaired) electrons. The standard InChI is InChI=1S/C25H18BrN3OS2/c1-16-6-12-19(13-7-16)28-24(31-15-22(30)17-8-10-18(26)11-9-17)20(14-27)25-29-21-4-2-3-5-23(21)32-25/h2-13,28H,15H2,1H3/b24-20+. The second-order valence-corrected chi connectivity index (χ2v) is 9.94. The van der Waals surface area contributed by atoms with Crippen molar-refractivity contribution in [2.75, 3.05) is 11.1 Å². The number of aromatic nitrogens is 1. The predicted molar refractivity (Wildman–Crippen MR) is 138 cm³/mol. The van der Waals surface area contributed by atoms with E-state index < -0.39 is 0 Å². The first-order valence-corrected chi connectivity index (χ1v) is 12.4. The average molecular weight is 520 g/mol. The fourth-order valence-electron chi connectivity index (χ4n) is 2.97. The zero-order chi connectivity index (χ0) is 22.5. The molecule has 0 unspecified atom stereocenters. The molecular formula is C25H18BrN3OS2. The highest BCUT2D eigenvalue weighted by Gasteiger charge is 2.17. The minimum atomic E-state index is -0.00713. The second-order valence-electron chi connectivity index (χ2n) is 7.01. The number of carbonyl (C=O) groups excluding carboxylic acids is 1. The van der Waals surface area contributed by atoms with E-state index in [4.69, 9.17) is 0 Å². The number of rotatable bonds is 7. The third-order valence-electron chi connectivity index (χ3n) is 4.67. The summed E-state index contributed by atoms with van der Waals surface area (Å²) in [6.45, 7) is 2.02. The quantitative estimate of drug-likeness (QED) is 0.205. The van der Waals surface area contributed by atoms with Gasteiger partial charge in [0.25, 0.3) is 0 Å². The molecule has 3 aromatic carbocycles. The summed E-state index contributed by atoms with van der Waals surface area (Å²) in [6.07, 6.45) is 0. The van der Waals surface area contributed by atoms with Crippen LogP contribution in [0.1, 0.15) is 20.9 Å². The van der Waals surface area contributed by atoms with E-state index in [1.807, 2.05) is 67.6 Å². The highest BCUT2D eigenvalue weighted by Crippen LogP contribution is 2.33. The predicted octanol–water partition coefficient (Wildman–Crippen LogP) is 7.29. The molecule has 0 saturated carbocycles. The number of carbonyl (C=O) groups is 1. The molecule has 0 bridgehead atoms. The van der Waals surface area contributed by atoms with Gasteiger partial charge in [0.15, 0.2) is 5.78 Å². The van der Waals surface area contributed by atoms with Crippen LogP contribution in [0.4, 0.5) is 5.69 Å². The molecule has 32 heavy (non-hydrogen) atoms. The maximum absolute atomic E-state index is 12.8. The minimum Gasteiger partial charge on any atom is -0.349 e. The number of thioether (sulfide) groups is 1. The van der Waals surface area contributed by atoms with Crippen LogP contribution in [0.5, 0.6) is 0 Å². The van der Waals surface area contributed by atoms with E-state index in [0.717, 1.165) is 25.9 Å². The van der Waals surface area contributed by atoms with Gasteiger partial charge < -0.3 is 5.32 Å². The van der Waals surface area contributed by atoms with Gasteiger partial charge in [-0.3, -0.25) is 4.79 Å². The lowest BCUT2D eigenvalue weighted by atomic mass is 10.2. The first-order chi connectivity index (χ1) is 15.5. The fraction of sp³-hybridized carbons (Fsp3) is 0.0800. The van der Waals surface area contributed by atoms with Crippen molar-refractivity contribution in [2.24, 2.45) is 0 Å². The third kappa shape index (κ3) is 5.28. The Morgan fingerprint density at radius 1 is 1.09 bits per heavy atom. The van der Waals surface area contributed by atoms with E-state index in [0.29, 0.717) is 21.2 Å². The summed E-state index contributed by atoms with van der Waals surface area (Å²) in [5.41, 5.74) is 3.91. The SMILES string of the molecule is Cc1ccc(N/C(SCC(=O)c2ccc(Br)cc2)=C(/C#N)c2nc3ccccc3s2)cc1. The van der Waals surface area contributed by atoms with E-state index in [-0.39, 0.29) is 11.5 Å². The number of nitrogens with one attached hydrogen (secondary N) is 1. The zero-order valence-electron chi connectivity index (χ0n) is 17.1. The van der Waals surface area contributed by atoms with Gasteiger partial charge in [-0.05, 0) is 43.3 Å². The number of hydrogen-bond acceptors (Lipinski definition) is 6. The Morgan fingerprint density at radius 3 is 2.50 bits per heavy atom. The van der Waals surface area contributed by atoms with Gasteiger partial charge in [0.05, 0.1) is 21.0 Å². The molecule has 0 atom stereocenters. The Balaban J connectivity index is 1.68. The van der Waals surface area contributed by atoms with Crippen molar-refractivity contribution >= 4 is 66.3 Å². The molecule has 1 N–H and O–H groups in total.